The first kappa shape index (κ1) is 11.9. The molecular weight excluding hydrogens is 214 g/mol. The molecule has 4 heteroatoms. The average molecular weight is 233 g/mol. The highest BCUT2D eigenvalue weighted by molar-refractivity contribution is 5.73. The molecule has 1 aromatic carbocycles. The molecule has 2 rings (SSSR count). The number of carbonyl (C=O) groups excluding carboxylic acids is 1. The smallest absolute Gasteiger partial charge is 0.315 e. The quantitative estimate of drug-likeness (QED) is 0.729. The molecule has 0 radical (unpaired) electrons. The normalized spacial score (nSPS) is 18.9. The van der Waals surface area contributed by atoms with Crippen molar-refractivity contribution in [2.75, 3.05) is 19.6 Å². The molecule has 3 N–H and O–H groups in total. The monoisotopic (exact) mass is 233 g/mol. The Bertz CT molecular complexity index is 347. The van der Waals surface area contributed by atoms with Gasteiger partial charge in [-0.15, -0.1) is 0 Å². The second-order valence-corrected chi connectivity index (χ2v) is 4.41. The number of hydrogen-bond acceptors (Lipinski definition) is 2. The van der Waals surface area contributed by atoms with Crippen molar-refractivity contribution in [3.8, 4) is 0 Å². The Hall–Kier alpha value is -1.55. The first-order valence-corrected chi connectivity index (χ1v) is 6.11. The van der Waals surface area contributed by atoms with Crippen molar-refractivity contribution >= 4 is 6.03 Å². The summed E-state index contributed by atoms with van der Waals surface area (Å²) in [6.07, 6.45) is 1.15. The molecule has 1 heterocycles. The summed E-state index contributed by atoms with van der Waals surface area (Å²) in [5.41, 5.74) is 1.12. The summed E-state index contributed by atoms with van der Waals surface area (Å²) >= 11 is 0. The van der Waals surface area contributed by atoms with Crippen LogP contribution in [0.3, 0.4) is 0 Å². The van der Waals surface area contributed by atoms with Crippen LogP contribution >= 0.6 is 0 Å². The Morgan fingerprint density at radius 3 is 2.82 bits per heavy atom. The first-order chi connectivity index (χ1) is 8.34. The Balaban J connectivity index is 1.64. The fourth-order valence-corrected chi connectivity index (χ4v) is 1.97. The molecule has 1 atom stereocenters. The average Bonchev–Trinajstić information content (AvgIpc) is 2.88. The van der Waals surface area contributed by atoms with Crippen LogP contribution in [0.15, 0.2) is 30.3 Å². The molecule has 1 unspecified atom stereocenters. The molecule has 0 saturated carbocycles. The van der Waals surface area contributed by atoms with E-state index in [9.17, 15) is 4.79 Å². The van der Waals surface area contributed by atoms with E-state index in [2.05, 4.69) is 16.0 Å². The van der Waals surface area contributed by atoms with E-state index in [1.165, 1.54) is 0 Å². The van der Waals surface area contributed by atoms with Crippen LogP contribution in [0.1, 0.15) is 12.0 Å². The topological polar surface area (TPSA) is 53.2 Å². The van der Waals surface area contributed by atoms with Crippen molar-refractivity contribution in [2.45, 2.75) is 13.0 Å². The van der Waals surface area contributed by atoms with Crippen LogP contribution in [0.4, 0.5) is 4.79 Å². The number of hydrogen-bond donors (Lipinski definition) is 3. The van der Waals surface area contributed by atoms with Gasteiger partial charge >= 0.3 is 6.03 Å². The zero-order chi connectivity index (χ0) is 11.9. The third-order valence-electron chi connectivity index (χ3n) is 3.01. The SMILES string of the molecule is O=C(NCc1ccccc1)NCC1CCNC1. The molecule has 17 heavy (non-hydrogen) atoms. The van der Waals surface area contributed by atoms with Crippen molar-refractivity contribution in [1.29, 1.82) is 0 Å². The van der Waals surface area contributed by atoms with E-state index in [1.54, 1.807) is 0 Å². The number of amides is 2. The van der Waals surface area contributed by atoms with E-state index in [0.29, 0.717) is 12.5 Å². The first-order valence-electron chi connectivity index (χ1n) is 6.11. The zero-order valence-electron chi connectivity index (χ0n) is 9.91. The molecule has 2 amide bonds. The van der Waals surface area contributed by atoms with Gasteiger partial charge in [-0.3, -0.25) is 0 Å². The van der Waals surface area contributed by atoms with Crippen molar-refractivity contribution < 1.29 is 4.79 Å². The van der Waals surface area contributed by atoms with Crippen LogP contribution in [0.2, 0.25) is 0 Å². The lowest BCUT2D eigenvalue weighted by Crippen LogP contribution is -2.38. The highest BCUT2D eigenvalue weighted by atomic mass is 16.2. The molecule has 1 fully saturated rings. The lowest BCUT2D eigenvalue weighted by Gasteiger charge is -2.11. The van der Waals surface area contributed by atoms with E-state index >= 15 is 0 Å². The molecule has 1 saturated heterocycles. The van der Waals surface area contributed by atoms with Crippen molar-refractivity contribution in [1.82, 2.24) is 16.0 Å². The molecule has 0 aromatic heterocycles. The van der Waals surface area contributed by atoms with E-state index < -0.39 is 0 Å². The van der Waals surface area contributed by atoms with Crippen LogP contribution < -0.4 is 16.0 Å². The van der Waals surface area contributed by atoms with Gasteiger partial charge < -0.3 is 16.0 Å². The largest absolute Gasteiger partial charge is 0.338 e. The standard InChI is InChI=1S/C13H19N3O/c17-13(16-10-12-6-7-14-8-12)15-9-11-4-2-1-3-5-11/h1-5,12,14H,6-10H2,(H2,15,16,17). The van der Waals surface area contributed by atoms with Gasteiger partial charge in [0.1, 0.15) is 0 Å². The van der Waals surface area contributed by atoms with Gasteiger partial charge in [-0.05, 0) is 31.0 Å². The summed E-state index contributed by atoms with van der Waals surface area (Å²) in [6, 6.07) is 9.83. The minimum atomic E-state index is -0.0826. The molecule has 1 aliphatic rings. The zero-order valence-corrected chi connectivity index (χ0v) is 9.91. The molecule has 4 nitrogen and oxygen atoms in total. The van der Waals surface area contributed by atoms with Crippen LogP contribution in [-0.4, -0.2) is 25.7 Å². The minimum absolute atomic E-state index is 0.0826. The van der Waals surface area contributed by atoms with Crippen molar-refractivity contribution in [3.05, 3.63) is 35.9 Å². The second kappa shape index (κ2) is 6.25. The van der Waals surface area contributed by atoms with Crippen LogP contribution in [0.25, 0.3) is 0 Å². The molecule has 92 valence electrons. The second-order valence-electron chi connectivity index (χ2n) is 4.41. The number of rotatable bonds is 4. The highest BCUT2D eigenvalue weighted by Crippen LogP contribution is 2.04. The van der Waals surface area contributed by atoms with E-state index in [4.69, 9.17) is 0 Å². The maximum Gasteiger partial charge on any atom is 0.315 e. The van der Waals surface area contributed by atoms with Gasteiger partial charge in [0.15, 0.2) is 0 Å². The van der Waals surface area contributed by atoms with Crippen molar-refractivity contribution in [2.24, 2.45) is 5.92 Å². The molecule has 1 aliphatic heterocycles. The Morgan fingerprint density at radius 2 is 2.12 bits per heavy atom. The maximum absolute atomic E-state index is 11.5. The lowest BCUT2D eigenvalue weighted by molar-refractivity contribution is 0.239. The predicted octanol–water partition coefficient (Wildman–Crippen LogP) is 1.10. The third kappa shape index (κ3) is 4.07. The minimum Gasteiger partial charge on any atom is -0.338 e. The van der Waals surface area contributed by atoms with Crippen LogP contribution in [0, 0.1) is 5.92 Å². The molecule has 0 spiro atoms. The van der Waals surface area contributed by atoms with E-state index in [-0.39, 0.29) is 6.03 Å². The fraction of sp³-hybridized carbons (Fsp3) is 0.462. The summed E-state index contributed by atoms with van der Waals surface area (Å²) in [6.45, 7) is 3.42. The van der Waals surface area contributed by atoms with Gasteiger partial charge in [0.05, 0.1) is 0 Å². The van der Waals surface area contributed by atoms with Crippen molar-refractivity contribution in [3.63, 3.8) is 0 Å². The Kier molecular flexibility index (Phi) is 4.38. The summed E-state index contributed by atoms with van der Waals surface area (Å²) in [5, 5.41) is 9.04. The predicted molar refractivity (Wildman–Crippen MR) is 67.7 cm³/mol. The third-order valence-corrected chi connectivity index (χ3v) is 3.01. The Morgan fingerprint density at radius 1 is 1.29 bits per heavy atom. The lowest BCUT2D eigenvalue weighted by atomic mass is 10.1. The van der Waals surface area contributed by atoms with Crippen LogP contribution in [-0.2, 0) is 6.54 Å². The van der Waals surface area contributed by atoms with Gasteiger partial charge in [-0.2, -0.15) is 0 Å². The fourth-order valence-electron chi connectivity index (χ4n) is 1.97. The molecule has 0 aliphatic carbocycles. The number of benzene rings is 1. The van der Waals surface area contributed by atoms with Gasteiger partial charge in [0.2, 0.25) is 0 Å². The molecule has 0 bridgehead atoms. The maximum atomic E-state index is 11.5. The van der Waals surface area contributed by atoms with Gasteiger partial charge in [-0.25, -0.2) is 4.79 Å². The van der Waals surface area contributed by atoms with E-state index in [0.717, 1.165) is 31.6 Å². The number of nitrogens with one attached hydrogen (secondary N) is 3. The molecule has 1 aromatic rings. The molecular formula is C13H19N3O. The van der Waals surface area contributed by atoms with Gasteiger partial charge in [0, 0.05) is 13.1 Å². The van der Waals surface area contributed by atoms with Gasteiger partial charge in [-0.1, -0.05) is 30.3 Å². The van der Waals surface area contributed by atoms with E-state index in [1.807, 2.05) is 30.3 Å². The number of carbonyl (C=O) groups is 1. The summed E-state index contributed by atoms with van der Waals surface area (Å²) < 4.78 is 0. The summed E-state index contributed by atoms with van der Waals surface area (Å²) in [4.78, 5) is 11.5. The summed E-state index contributed by atoms with van der Waals surface area (Å²) in [5.74, 6) is 0.581. The van der Waals surface area contributed by atoms with Crippen LogP contribution in [0.5, 0.6) is 0 Å². The summed E-state index contributed by atoms with van der Waals surface area (Å²) in [7, 11) is 0. The number of urea groups is 1. The van der Waals surface area contributed by atoms with Gasteiger partial charge in [0.25, 0.3) is 0 Å². The highest BCUT2D eigenvalue weighted by Gasteiger charge is 2.14. The Labute approximate surface area is 102 Å².